The highest BCUT2D eigenvalue weighted by molar-refractivity contribution is 7.17. The smallest absolute Gasteiger partial charge is 0.161 e. The average molecular weight is 289 g/mol. The van der Waals surface area contributed by atoms with Crippen LogP contribution < -0.4 is 16.0 Å². The predicted molar refractivity (Wildman–Crippen MR) is 78.5 cm³/mol. The summed E-state index contributed by atoms with van der Waals surface area (Å²) in [5.41, 5.74) is 5.65. The second-order valence-electron chi connectivity index (χ2n) is 4.39. The Labute approximate surface area is 120 Å². The Bertz CT molecular complexity index is 735. The summed E-state index contributed by atoms with van der Waals surface area (Å²) >= 11 is 1.66. The van der Waals surface area contributed by atoms with Gasteiger partial charge < -0.3 is 4.74 Å². The van der Waals surface area contributed by atoms with Gasteiger partial charge in [-0.25, -0.2) is 5.43 Å². The fraction of sp³-hybridized carbons (Fsp3) is 0.231. The maximum atomic E-state index is 5.74. The third-order valence-corrected chi connectivity index (χ3v) is 4.12. The number of thiophene rings is 1. The molecule has 3 rings (SSSR count). The van der Waals surface area contributed by atoms with Crippen molar-refractivity contribution in [1.29, 1.82) is 0 Å². The second kappa shape index (κ2) is 5.20. The molecular formula is C13H15N5OS. The van der Waals surface area contributed by atoms with Gasteiger partial charge in [0.15, 0.2) is 5.75 Å². The number of fused-ring (bicyclic) bond motifs is 1. The number of aryl methyl sites for hydroxylation is 1. The van der Waals surface area contributed by atoms with Gasteiger partial charge in [0.1, 0.15) is 5.69 Å². The quantitative estimate of drug-likeness (QED) is 0.563. The summed E-state index contributed by atoms with van der Waals surface area (Å²) in [6.07, 6.45) is 3.50. The number of hydrazine groups is 1. The number of hydrogen-bond donors (Lipinski definition) is 2. The Hall–Kier alpha value is -1.96. The molecule has 0 aliphatic carbocycles. The Morgan fingerprint density at radius 3 is 3.05 bits per heavy atom. The zero-order valence-electron chi connectivity index (χ0n) is 11.2. The van der Waals surface area contributed by atoms with Crippen LogP contribution >= 0.6 is 11.3 Å². The molecular weight excluding hydrogens is 274 g/mol. The summed E-state index contributed by atoms with van der Waals surface area (Å²) in [6.45, 7) is 0. The molecule has 0 radical (unpaired) electrons. The van der Waals surface area contributed by atoms with Gasteiger partial charge in [0, 0.05) is 13.2 Å². The zero-order valence-corrected chi connectivity index (χ0v) is 12.0. The molecule has 0 saturated heterocycles. The minimum Gasteiger partial charge on any atom is -0.493 e. The molecule has 0 amide bonds. The molecule has 6 nitrogen and oxygen atoms in total. The van der Waals surface area contributed by atoms with Crippen molar-refractivity contribution in [2.75, 3.05) is 7.11 Å². The standard InChI is InChI=1S/C13H15N5OS/c1-18-13(10(19-2)7-16-18)12(17-14)8-5-11-9(15-6-8)3-4-20-11/h3-7,12,17H,14H2,1-2H3. The second-order valence-corrected chi connectivity index (χ2v) is 5.34. The highest BCUT2D eigenvalue weighted by Crippen LogP contribution is 2.30. The fourth-order valence-corrected chi connectivity index (χ4v) is 3.05. The van der Waals surface area contributed by atoms with E-state index >= 15 is 0 Å². The van der Waals surface area contributed by atoms with Crippen molar-refractivity contribution in [1.82, 2.24) is 20.2 Å². The molecule has 20 heavy (non-hydrogen) atoms. The van der Waals surface area contributed by atoms with Crippen LogP contribution in [-0.4, -0.2) is 21.9 Å². The van der Waals surface area contributed by atoms with E-state index in [1.54, 1.807) is 29.3 Å². The first kappa shape index (κ1) is 13.0. The minimum absolute atomic E-state index is 0.226. The number of ether oxygens (including phenoxy) is 1. The van der Waals surface area contributed by atoms with Gasteiger partial charge in [-0.3, -0.25) is 15.5 Å². The van der Waals surface area contributed by atoms with Gasteiger partial charge in [-0.2, -0.15) is 5.10 Å². The van der Waals surface area contributed by atoms with Gasteiger partial charge in [0.25, 0.3) is 0 Å². The third-order valence-electron chi connectivity index (χ3n) is 3.27. The Kier molecular flexibility index (Phi) is 3.39. The van der Waals surface area contributed by atoms with Gasteiger partial charge >= 0.3 is 0 Å². The lowest BCUT2D eigenvalue weighted by Crippen LogP contribution is -2.30. The number of nitrogens with two attached hydrogens (primary N) is 1. The highest BCUT2D eigenvalue weighted by atomic mass is 32.1. The van der Waals surface area contributed by atoms with Crippen LogP contribution in [0.2, 0.25) is 0 Å². The molecule has 0 fully saturated rings. The Morgan fingerprint density at radius 1 is 1.45 bits per heavy atom. The van der Waals surface area contributed by atoms with Crippen LogP contribution in [-0.2, 0) is 7.05 Å². The Balaban J connectivity index is 2.10. The van der Waals surface area contributed by atoms with E-state index in [0.29, 0.717) is 5.75 Å². The van der Waals surface area contributed by atoms with Crippen molar-refractivity contribution in [3.05, 3.63) is 41.2 Å². The number of methoxy groups -OCH3 is 1. The highest BCUT2D eigenvalue weighted by Gasteiger charge is 2.22. The van der Waals surface area contributed by atoms with E-state index in [2.05, 4.69) is 21.6 Å². The first-order chi connectivity index (χ1) is 9.74. The van der Waals surface area contributed by atoms with E-state index in [4.69, 9.17) is 10.6 Å². The molecule has 3 N–H and O–H groups in total. The van der Waals surface area contributed by atoms with Crippen LogP contribution in [0.25, 0.3) is 10.2 Å². The van der Waals surface area contributed by atoms with E-state index in [0.717, 1.165) is 21.5 Å². The Morgan fingerprint density at radius 2 is 2.30 bits per heavy atom. The SMILES string of the molecule is COc1cnn(C)c1C(NN)c1cnc2ccsc2c1. The molecule has 0 aromatic carbocycles. The molecule has 0 spiro atoms. The number of aromatic nitrogens is 3. The topological polar surface area (TPSA) is 78.0 Å². The minimum atomic E-state index is -0.226. The summed E-state index contributed by atoms with van der Waals surface area (Å²) in [5, 5.41) is 6.24. The van der Waals surface area contributed by atoms with Gasteiger partial charge in [0.2, 0.25) is 0 Å². The van der Waals surface area contributed by atoms with Crippen molar-refractivity contribution in [2.24, 2.45) is 12.9 Å². The molecule has 0 aliphatic heterocycles. The molecule has 3 aromatic heterocycles. The molecule has 0 saturated carbocycles. The fourth-order valence-electron chi connectivity index (χ4n) is 2.27. The van der Waals surface area contributed by atoms with E-state index in [1.165, 1.54) is 0 Å². The van der Waals surface area contributed by atoms with Crippen LogP contribution in [0.3, 0.4) is 0 Å². The van der Waals surface area contributed by atoms with E-state index < -0.39 is 0 Å². The van der Waals surface area contributed by atoms with Crippen molar-refractivity contribution < 1.29 is 4.74 Å². The lowest BCUT2D eigenvalue weighted by atomic mass is 10.1. The molecule has 0 bridgehead atoms. The summed E-state index contributed by atoms with van der Waals surface area (Å²) in [5.74, 6) is 6.43. The summed E-state index contributed by atoms with van der Waals surface area (Å²) in [4.78, 5) is 4.45. The summed E-state index contributed by atoms with van der Waals surface area (Å²) < 4.78 is 8.23. The van der Waals surface area contributed by atoms with E-state index in [9.17, 15) is 0 Å². The maximum absolute atomic E-state index is 5.74. The van der Waals surface area contributed by atoms with Crippen LogP contribution in [0.5, 0.6) is 5.75 Å². The monoisotopic (exact) mass is 289 g/mol. The average Bonchev–Trinajstić information content (AvgIpc) is 3.07. The van der Waals surface area contributed by atoms with Crippen LogP contribution in [0.15, 0.2) is 29.9 Å². The number of pyridine rings is 1. The molecule has 104 valence electrons. The van der Waals surface area contributed by atoms with Crippen molar-refractivity contribution >= 4 is 21.6 Å². The van der Waals surface area contributed by atoms with Gasteiger partial charge in [-0.05, 0) is 23.1 Å². The van der Waals surface area contributed by atoms with E-state index in [-0.39, 0.29) is 6.04 Å². The van der Waals surface area contributed by atoms with Crippen LogP contribution in [0, 0.1) is 0 Å². The largest absolute Gasteiger partial charge is 0.493 e. The lowest BCUT2D eigenvalue weighted by Gasteiger charge is -2.17. The van der Waals surface area contributed by atoms with Crippen molar-refractivity contribution in [3.8, 4) is 5.75 Å². The van der Waals surface area contributed by atoms with Gasteiger partial charge in [-0.15, -0.1) is 11.3 Å². The number of nitrogens with zero attached hydrogens (tertiary/aromatic N) is 3. The molecule has 3 heterocycles. The van der Waals surface area contributed by atoms with Crippen LogP contribution in [0.4, 0.5) is 0 Å². The molecule has 0 aliphatic rings. The summed E-state index contributed by atoms with van der Waals surface area (Å²) in [7, 11) is 3.48. The first-order valence-corrected chi connectivity index (χ1v) is 6.97. The zero-order chi connectivity index (χ0) is 14.1. The number of nitrogens with one attached hydrogen (secondary N) is 1. The molecule has 1 unspecified atom stereocenters. The predicted octanol–water partition coefficient (Wildman–Crippen LogP) is 1.59. The van der Waals surface area contributed by atoms with Gasteiger partial charge in [0.05, 0.1) is 29.6 Å². The normalized spacial score (nSPS) is 12.8. The number of hydrogen-bond acceptors (Lipinski definition) is 6. The van der Waals surface area contributed by atoms with Crippen molar-refractivity contribution in [3.63, 3.8) is 0 Å². The lowest BCUT2D eigenvalue weighted by molar-refractivity contribution is 0.401. The number of rotatable bonds is 4. The molecule has 1 atom stereocenters. The molecule has 7 heteroatoms. The first-order valence-electron chi connectivity index (χ1n) is 6.09. The van der Waals surface area contributed by atoms with Crippen LogP contribution in [0.1, 0.15) is 17.3 Å². The van der Waals surface area contributed by atoms with E-state index in [1.807, 2.05) is 24.7 Å². The molecule has 3 aromatic rings. The maximum Gasteiger partial charge on any atom is 0.161 e. The summed E-state index contributed by atoms with van der Waals surface area (Å²) in [6, 6.07) is 3.86. The van der Waals surface area contributed by atoms with Gasteiger partial charge in [-0.1, -0.05) is 0 Å². The van der Waals surface area contributed by atoms with Crippen molar-refractivity contribution in [2.45, 2.75) is 6.04 Å². The third kappa shape index (κ3) is 2.05.